The van der Waals surface area contributed by atoms with Gasteiger partial charge in [-0.15, -0.1) is 5.10 Å². The molecule has 0 bridgehead atoms. The van der Waals surface area contributed by atoms with Gasteiger partial charge in [0.25, 0.3) is 0 Å². The van der Waals surface area contributed by atoms with Crippen molar-refractivity contribution >= 4 is 22.4 Å². The number of benzene rings is 2. The molecule has 2 aromatic heterocycles. The zero-order chi connectivity index (χ0) is 20.2. The van der Waals surface area contributed by atoms with E-state index in [-0.39, 0.29) is 5.82 Å². The van der Waals surface area contributed by atoms with Crippen LogP contribution in [0, 0.1) is 5.82 Å². The minimum atomic E-state index is -0.359. The Balaban J connectivity index is 1.95. The van der Waals surface area contributed by atoms with Crippen LogP contribution in [-0.2, 0) is 9.47 Å². The fourth-order valence-electron chi connectivity index (χ4n) is 3.34. The summed E-state index contributed by atoms with van der Waals surface area (Å²) in [6, 6.07) is 14.4. The first-order valence-corrected chi connectivity index (χ1v) is 9.36. The van der Waals surface area contributed by atoms with Gasteiger partial charge in [0, 0.05) is 38.3 Å². The summed E-state index contributed by atoms with van der Waals surface area (Å²) < 4.78 is 26.7. The molecule has 0 saturated heterocycles. The molecule has 0 aliphatic heterocycles. The standard InChI is InChI=1S/C21H22FN5O2/c1-28-13-11-26(12-14-29-2)20-16-8-4-6-10-18(16)27-21(23-20)19(24-25-27)15-7-3-5-9-17(15)22/h3-10H,11-14H2,1-2H3. The molecular weight excluding hydrogens is 373 g/mol. The third kappa shape index (κ3) is 3.64. The molecule has 4 rings (SSSR count). The number of nitrogens with zero attached hydrogens (tertiary/aromatic N) is 5. The monoisotopic (exact) mass is 395 g/mol. The molecule has 0 radical (unpaired) electrons. The van der Waals surface area contributed by atoms with Gasteiger partial charge in [0.15, 0.2) is 5.65 Å². The zero-order valence-corrected chi connectivity index (χ0v) is 16.4. The molecular formula is C21H22FN5O2. The first-order chi connectivity index (χ1) is 14.2. The number of rotatable bonds is 8. The van der Waals surface area contributed by atoms with Crippen LogP contribution in [0.3, 0.4) is 0 Å². The van der Waals surface area contributed by atoms with Crippen molar-refractivity contribution < 1.29 is 13.9 Å². The highest BCUT2D eigenvalue weighted by atomic mass is 19.1. The number of para-hydroxylation sites is 1. The molecule has 0 fully saturated rings. The summed E-state index contributed by atoms with van der Waals surface area (Å²) in [4.78, 5) is 6.98. The molecule has 0 unspecified atom stereocenters. The van der Waals surface area contributed by atoms with Crippen LogP contribution >= 0.6 is 0 Å². The van der Waals surface area contributed by atoms with Crippen LogP contribution in [0.4, 0.5) is 10.2 Å². The van der Waals surface area contributed by atoms with Gasteiger partial charge in [0.05, 0.1) is 18.7 Å². The number of ether oxygens (including phenoxy) is 2. The third-order valence-electron chi connectivity index (χ3n) is 4.79. The second-order valence-electron chi connectivity index (χ2n) is 6.58. The summed E-state index contributed by atoms with van der Waals surface area (Å²) in [6.07, 6.45) is 0. The van der Waals surface area contributed by atoms with Crippen LogP contribution in [0.15, 0.2) is 48.5 Å². The van der Waals surface area contributed by atoms with Gasteiger partial charge in [0.1, 0.15) is 17.3 Å². The fraction of sp³-hybridized carbons (Fsp3) is 0.286. The molecule has 2 heterocycles. The maximum atomic E-state index is 14.4. The fourth-order valence-corrected chi connectivity index (χ4v) is 3.34. The topological polar surface area (TPSA) is 64.8 Å². The average Bonchev–Trinajstić information content (AvgIpc) is 3.18. The summed E-state index contributed by atoms with van der Waals surface area (Å²) in [5.41, 5.74) is 2.14. The van der Waals surface area contributed by atoms with Crippen molar-refractivity contribution in [1.82, 2.24) is 19.8 Å². The Morgan fingerprint density at radius 2 is 1.66 bits per heavy atom. The number of aromatic nitrogens is 4. The van der Waals surface area contributed by atoms with Crippen LogP contribution in [0.2, 0.25) is 0 Å². The van der Waals surface area contributed by atoms with Gasteiger partial charge in [-0.2, -0.15) is 4.52 Å². The van der Waals surface area contributed by atoms with E-state index in [1.165, 1.54) is 6.07 Å². The Hall–Kier alpha value is -3.10. The molecule has 4 aromatic rings. The van der Waals surface area contributed by atoms with Crippen molar-refractivity contribution in [2.45, 2.75) is 0 Å². The van der Waals surface area contributed by atoms with Crippen LogP contribution < -0.4 is 4.90 Å². The molecule has 0 spiro atoms. The Kier molecular flexibility index (Phi) is 5.64. The number of halogens is 1. The zero-order valence-electron chi connectivity index (χ0n) is 16.4. The van der Waals surface area contributed by atoms with Gasteiger partial charge in [-0.3, -0.25) is 0 Å². The van der Waals surface area contributed by atoms with Crippen molar-refractivity contribution in [2.75, 3.05) is 45.4 Å². The van der Waals surface area contributed by atoms with Gasteiger partial charge >= 0.3 is 0 Å². The normalized spacial score (nSPS) is 11.4. The molecule has 150 valence electrons. The molecule has 0 N–H and O–H groups in total. The number of methoxy groups -OCH3 is 2. The van der Waals surface area contributed by atoms with E-state index in [2.05, 4.69) is 15.2 Å². The molecule has 0 atom stereocenters. The van der Waals surface area contributed by atoms with Crippen molar-refractivity contribution in [3.05, 3.63) is 54.3 Å². The van der Waals surface area contributed by atoms with Gasteiger partial charge in [-0.1, -0.05) is 29.5 Å². The lowest BCUT2D eigenvalue weighted by molar-refractivity contribution is 0.190. The molecule has 2 aromatic carbocycles. The van der Waals surface area contributed by atoms with E-state index in [0.717, 1.165) is 16.7 Å². The van der Waals surface area contributed by atoms with E-state index in [1.807, 2.05) is 24.3 Å². The van der Waals surface area contributed by atoms with E-state index >= 15 is 0 Å². The van der Waals surface area contributed by atoms with Gasteiger partial charge in [-0.05, 0) is 24.3 Å². The van der Waals surface area contributed by atoms with E-state index < -0.39 is 0 Å². The summed E-state index contributed by atoms with van der Waals surface area (Å²) in [5.74, 6) is 0.407. The number of fused-ring (bicyclic) bond motifs is 3. The van der Waals surface area contributed by atoms with Crippen molar-refractivity contribution in [2.24, 2.45) is 0 Å². The Morgan fingerprint density at radius 3 is 2.38 bits per heavy atom. The molecule has 0 amide bonds. The van der Waals surface area contributed by atoms with E-state index in [9.17, 15) is 4.39 Å². The molecule has 0 aliphatic rings. The number of hydrogen-bond acceptors (Lipinski definition) is 6. The first-order valence-electron chi connectivity index (χ1n) is 9.36. The summed E-state index contributed by atoms with van der Waals surface area (Å²) in [6.45, 7) is 2.37. The van der Waals surface area contributed by atoms with E-state index in [4.69, 9.17) is 14.5 Å². The second kappa shape index (κ2) is 8.50. The van der Waals surface area contributed by atoms with Gasteiger partial charge in [-0.25, -0.2) is 9.37 Å². The van der Waals surface area contributed by atoms with E-state index in [0.29, 0.717) is 43.2 Å². The Labute approximate surface area is 167 Å². The molecule has 0 aliphatic carbocycles. The lowest BCUT2D eigenvalue weighted by Crippen LogP contribution is -2.31. The Morgan fingerprint density at radius 1 is 0.966 bits per heavy atom. The van der Waals surface area contributed by atoms with Gasteiger partial charge < -0.3 is 14.4 Å². The molecule has 7 nitrogen and oxygen atoms in total. The lowest BCUT2D eigenvalue weighted by atomic mass is 10.1. The van der Waals surface area contributed by atoms with Gasteiger partial charge in [0.2, 0.25) is 0 Å². The number of hydrogen-bond donors (Lipinski definition) is 0. The smallest absolute Gasteiger partial charge is 0.186 e. The molecule has 29 heavy (non-hydrogen) atoms. The minimum Gasteiger partial charge on any atom is -0.383 e. The highest BCUT2D eigenvalue weighted by molar-refractivity contribution is 5.93. The summed E-state index contributed by atoms with van der Waals surface area (Å²) in [5, 5.41) is 9.43. The SMILES string of the molecule is COCCN(CCOC)c1nc2c(-c3ccccc3F)nnn2c2ccccc12. The van der Waals surface area contributed by atoms with Crippen LogP contribution in [0.5, 0.6) is 0 Å². The minimum absolute atomic E-state index is 0.359. The third-order valence-corrected chi connectivity index (χ3v) is 4.79. The maximum Gasteiger partial charge on any atom is 0.186 e. The van der Waals surface area contributed by atoms with Crippen molar-refractivity contribution in [3.8, 4) is 11.3 Å². The highest BCUT2D eigenvalue weighted by Gasteiger charge is 2.20. The number of anilines is 1. The first kappa shape index (κ1) is 19.2. The lowest BCUT2D eigenvalue weighted by Gasteiger charge is -2.24. The quantitative estimate of drug-likeness (QED) is 0.457. The maximum absolute atomic E-state index is 14.4. The largest absolute Gasteiger partial charge is 0.383 e. The van der Waals surface area contributed by atoms with Crippen LogP contribution in [-0.4, -0.2) is 60.3 Å². The second-order valence-corrected chi connectivity index (χ2v) is 6.58. The molecule has 8 heteroatoms. The average molecular weight is 395 g/mol. The highest BCUT2D eigenvalue weighted by Crippen LogP contribution is 2.30. The predicted molar refractivity (Wildman–Crippen MR) is 110 cm³/mol. The summed E-state index contributed by atoms with van der Waals surface area (Å²) >= 11 is 0. The summed E-state index contributed by atoms with van der Waals surface area (Å²) in [7, 11) is 3.33. The Bertz CT molecular complexity index is 1120. The predicted octanol–water partition coefficient (Wildman–Crippen LogP) is 3.18. The molecule has 0 saturated carbocycles. The van der Waals surface area contributed by atoms with E-state index in [1.54, 1.807) is 36.9 Å². The van der Waals surface area contributed by atoms with Crippen LogP contribution in [0.1, 0.15) is 0 Å². The van der Waals surface area contributed by atoms with Crippen LogP contribution in [0.25, 0.3) is 27.8 Å². The van der Waals surface area contributed by atoms with Crippen molar-refractivity contribution in [3.63, 3.8) is 0 Å². The van der Waals surface area contributed by atoms with Crippen molar-refractivity contribution in [1.29, 1.82) is 0 Å².